The van der Waals surface area contributed by atoms with Crippen LogP contribution >= 0.6 is 0 Å². The number of hydrogen-bond acceptors (Lipinski definition) is 4. The second-order valence-electron chi connectivity index (χ2n) is 4.74. The van der Waals surface area contributed by atoms with Crippen molar-refractivity contribution in [2.45, 2.75) is 12.5 Å². The third-order valence-electron chi connectivity index (χ3n) is 3.40. The molecule has 4 heteroatoms. The number of nitrogens with two attached hydrogens (primary N) is 1. The molecule has 0 bridgehead atoms. The fourth-order valence-electron chi connectivity index (χ4n) is 2.33. The molecule has 0 aliphatic heterocycles. The van der Waals surface area contributed by atoms with Gasteiger partial charge in [0, 0.05) is 24.0 Å². The molecule has 0 saturated carbocycles. The molecule has 2 heterocycles. The molecular weight excluding hydrogens is 248 g/mol. The first-order chi connectivity index (χ1) is 9.86. The lowest BCUT2D eigenvalue weighted by molar-refractivity contribution is 0.551. The largest absolute Gasteiger partial charge is 0.271 e. The summed E-state index contributed by atoms with van der Waals surface area (Å²) in [7, 11) is 0. The maximum atomic E-state index is 5.71. The summed E-state index contributed by atoms with van der Waals surface area (Å²) in [6, 6.07) is 14.3. The number of rotatable bonds is 4. The Labute approximate surface area is 117 Å². The highest BCUT2D eigenvalue weighted by Crippen LogP contribution is 2.21. The number of hydrazine groups is 1. The van der Waals surface area contributed by atoms with Gasteiger partial charge >= 0.3 is 0 Å². The van der Waals surface area contributed by atoms with Crippen molar-refractivity contribution in [2.75, 3.05) is 0 Å². The van der Waals surface area contributed by atoms with Crippen LogP contribution in [-0.4, -0.2) is 9.97 Å². The molecule has 0 aliphatic rings. The van der Waals surface area contributed by atoms with Gasteiger partial charge in [-0.1, -0.05) is 24.3 Å². The van der Waals surface area contributed by atoms with Crippen LogP contribution in [-0.2, 0) is 6.42 Å². The summed E-state index contributed by atoms with van der Waals surface area (Å²) in [5.74, 6) is 5.71. The van der Waals surface area contributed by atoms with Crippen molar-refractivity contribution in [1.82, 2.24) is 15.4 Å². The van der Waals surface area contributed by atoms with Gasteiger partial charge in [0.25, 0.3) is 0 Å². The number of pyridine rings is 2. The van der Waals surface area contributed by atoms with Gasteiger partial charge in [-0.3, -0.25) is 21.2 Å². The van der Waals surface area contributed by atoms with Gasteiger partial charge in [-0.25, -0.2) is 0 Å². The van der Waals surface area contributed by atoms with Crippen LogP contribution in [0.3, 0.4) is 0 Å². The fraction of sp³-hybridized carbons (Fsp3) is 0.125. The minimum absolute atomic E-state index is 0.0469. The smallest absolute Gasteiger partial charge is 0.0705 e. The molecule has 0 aliphatic carbocycles. The molecule has 0 amide bonds. The number of aromatic nitrogens is 2. The van der Waals surface area contributed by atoms with Crippen LogP contribution in [0.15, 0.2) is 61.1 Å². The van der Waals surface area contributed by atoms with Crippen LogP contribution < -0.4 is 11.3 Å². The molecule has 2 aromatic heterocycles. The molecule has 20 heavy (non-hydrogen) atoms. The Morgan fingerprint density at radius 1 is 1.10 bits per heavy atom. The van der Waals surface area contributed by atoms with Crippen LogP contribution in [0.2, 0.25) is 0 Å². The summed E-state index contributed by atoms with van der Waals surface area (Å²) >= 11 is 0. The Morgan fingerprint density at radius 3 is 2.80 bits per heavy atom. The van der Waals surface area contributed by atoms with E-state index in [1.54, 1.807) is 12.4 Å². The second-order valence-corrected chi connectivity index (χ2v) is 4.74. The lowest BCUT2D eigenvalue weighted by Crippen LogP contribution is -2.29. The molecule has 0 radical (unpaired) electrons. The van der Waals surface area contributed by atoms with E-state index in [4.69, 9.17) is 5.84 Å². The Kier molecular flexibility index (Phi) is 3.67. The highest BCUT2D eigenvalue weighted by Gasteiger charge is 2.11. The lowest BCUT2D eigenvalue weighted by Gasteiger charge is -2.16. The fourth-order valence-corrected chi connectivity index (χ4v) is 2.33. The average molecular weight is 264 g/mol. The van der Waals surface area contributed by atoms with Crippen LogP contribution in [0.25, 0.3) is 10.9 Å². The molecule has 1 aromatic carbocycles. The van der Waals surface area contributed by atoms with Crippen LogP contribution in [0, 0.1) is 0 Å². The van der Waals surface area contributed by atoms with Crippen molar-refractivity contribution in [2.24, 2.45) is 5.84 Å². The molecule has 0 spiro atoms. The number of nitrogens with zero attached hydrogens (tertiary/aromatic N) is 2. The van der Waals surface area contributed by atoms with Gasteiger partial charge in [-0.2, -0.15) is 0 Å². The summed E-state index contributed by atoms with van der Waals surface area (Å²) in [6.07, 6.45) is 6.23. The first kappa shape index (κ1) is 12.7. The van der Waals surface area contributed by atoms with E-state index < -0.39 is 0 Å². The number of fused-ring (bicyclic) bond motifs is 1. The summed E-state index contributed by atoms with van der Waals surface area (Å²) in [5, 5.41) is 1.13. The zero-order valence-electron chi connectivity index (χ0n) is 11.0. The van der Waals surface area contributed by atoms with Gasteiger partial charge in [0.2, 0.25) is 0 Å². The predicted octanol–water partition coefficient (Wildman–Crippen LogP) is 2.38. The quantitative estimate of drug-likeness (QED) is 0.561. The van der Waals surface area contributed by atoms with Crippen molar-refractivity contribution in [1.29, 1.82) is 0 Å². The topological polar surface area (TPSA) is 63.8 Å². The molecule has 0 fully saturated rings. The van der Waals surface area contributed by atoms with Gasteiger partial charge in [-0.15, -0.1) is 0 Å². The lowest BCUT2D eigenvalue weighted by atomic mass is 9.99. The van der Waals surface area contributed by atoms with E-state index in [-0.39, 0.29) is 6.04 Å². The van der Waals surface area contributed by atoms with Crippen LogP contribution in [0.5, 0.6) is 0 Å². The average Bonchev–Trinajstić information content (AvgIpc) is 2.53. The van der Waals surface area contributed by atoms with Crippen molar-refractivity contribution in [3.8, 4) is 0 Å². The molecule has 1 atom stereocenters. The normalized spacial score (nSPS) is 12.4. The molecule has 3 rings (SSSR count). The Hall–Kier alpha value is -2.30. The summed E-state index contributed by atoms with van der Waals surface area (Å²) in [4.78, 5) is 8.52. The second kappa shape index (κ2) is 5.77. The van der Waals surface area contributed by atoms with E-state index in [1.165, 1.54) is 0 Å². The molecule has 1 unspecified atom stereocenters. The van der Waals surface area contributed by atoms with E-state index >= 15 is 0 Å². The zero-order valence-corrected chi connectivity index (χ0v) is 11.0. The highest BCUT2D eigenvalue weighted by atomic mass is 15.2. The van der Waals surface area contributed by atoms with Crippen LogP contribution in [0.4, 0.5) is 0 Å². The predicted molar refractivity (Wildman–Crippen MR) is 79.7 cm³/mol. The Balaban J connectivity index is 1.91. The standard InChI is InChI=1S/C16H16N4/c17-20-16(9-12-3-1-7-18-11-12)14-6-5-13-4-2-8-19-15(13)10-14/h1-8,10-11,16,20H,9,17H2. The molecule has 100 valence electrons. The third kappa shape index (κ3) is 2.66. The molecule has 0 saturated heterocycles. The Morgan fingerprint density at radius 2 is 2.00 bits per heavy atom. The van der Waals surface area contributed by atoms with Crippen molar-refractivity contribution < 1.29 is 0 Å². The zero-order chi connectivity index (χ0) is 13.8. The van der Waals surface area contributed by atoms with Crippen molar-refractivity contribution in [3.05, 3.63) is 72.2 Å². The molecule has 3 aromatic rings. The third-order valence-corrected chi connectivity index (χ3v) is 3.40. The number of benzene rings is 1. The summed E-state index contributed by atoms with van der Waals surface area (Å²) < 4.78 is 0. The van der Waals surface area contributed by atoms with Crippen molar-refractivity contribution >= 4 is 10.9 Å². The molecule has 4 nitrogen and oxygen atoms in total. The monoisotopic (exact) mass is 264 g/mol. The SMILES string of the molecule is NNC(Cc1cccnc1)c1ccc2cccnc2c1. The van der Waals surface area contributed by atoms with E-state index in [1.807, 2.05) is 18.3 Å². The molecule has 3 N–H and O–H groups in total. The maximum Gasteiger partial charge on any atom is 0.0705 e. The number of nitrogens with one attached hydrogen (secondary N) is 1. The maximum absolute atomic E-state index is 5.71. The minimum atomic E-state index is 0.0469. The van der Waals surface area contributed by atoms with E-state index in [2.05, 4.69) is 45.7 Å². The molecular formula is C16H16N4. The Bertz CT molecular complexity index is 697. The van der Waals surface area contributed by atoms with E-state index in [9.17, 15) is 0 Å². The summed E-state index contributed by atoms with van der Waals surface area (Å²) in [6.45, 7) is 0. The number of hydrogen-bond donors (Lipinski definition) is 2. The van der Waals surface area contributed by atoms with Crippen LogP contribution in [0.1, 0.15) is 17.2 Å². The minimum Gasteiger partial charge on any atom is -0.271 e. The van der Waals surface area contributed by atoms with E-state index in [0.717, 1.165) is 28.5 Å². The van der Waals surface area contributed by atoms with Gasteiger partial charge in [0.15, 0.2) is 0 Å². The first-order valence-electron chi connectivity index (χ1n) is 6.56. The van der Waals surface area contributed by atoms with Crippen molar-refractivity contribution in [3.63, 3.8) is 0 Å². The van der Waals surface area contributed by atoms with Gasteiger partial charge in [0.05, 0.1) is 11.6 Å². The summed E-state index contributed by atoms with van der Waals surface area (Å²) in [5.41, 5.74) is 6.14. The van der Waals surface area contributed by atoms with E-state index in [0.29, 0.717) is 0 Å². The van der Waals surface area contributed by atoms with Gasteiger partial charge < -0.3 is 0 Å². The van der Waals surface area contributed by atoms with Gasteiger partial charge in [-0.05, 0) is 35.7 Å². The highest BCUT2D eigenvalue weighted by molar-refractivity contribution is 5.79. The van der Waals surface area contributed by atoms with Gasteiger partial charge in [0.1, 0.15) is 0 Å². The first-order valence-corrected chi connectivity index (χ1v) is 6.56.